The number of hydrogen-bond acceptors (Lipinski definition) is 1. The topological polar surface area (TPSA) is 9.23 Å². The van der Waals surface area contributed by atoms with Crippen molar-refractivity contribution in [2.75, 3.05) is 13.7 Å². The molecule has 1 aromatic carbocycles. The highest BCUT2D eigenvalue weighted by Crippen LogP contribution is 2.73. The molecule has 0 saturated heterocycles. The number of methoxy groups -OCH3 is 1. The number of hydrogen-bond donors (Lipinski definition) is 0. The molecule has 0 amide bonds. The van der Waals surface area contributed by atoms with Crippen LogP contribution in [0.2, 0.25) is 0 Å². The Bertz CT molecular complexity index is 419. The second-order valence-corrected chi connectivity index (χ2v) is 7.79. The molecule has 0 N–H and O–H groups in total. The minimum atomic E-state index is 0.413. The molecule has 0 spiro atoms. The summed E-state index contributed by atoms with van der Waals surface area (Å²) in [5.41, 5.74) is 3.57. The van der Waals surface area contributed by atoms with Crippen molar-refractivity contribution in [3.8, 4) is 0 Å². The Morgan fingerprint density at radius 1 is 1.11 bits per heavy atom. The van der Waals surface area contributed by atoms with E-state index in [2.05, 4.69) is 67.9 Å². The van der Waals surface area contributed by atoms with Gasteiger partial charge in [0.25, 0.3) is 0 Å². The van der Waals surface area contributed by atoms with Crippen molar-refractivity contribution in [1.29, 1.82) is 0 Å². The van der Waals surface area contributed by atoms with Crippen LogP contribution in [0.25, 0.3) is 0 Å². The fourth-order valence-corrected chi connectivity index (χ4v) is 4.89. The molecule has 0 aromatic heterocycles. The SMILES string of the molecule is COCCc1ccc(C(Br)C2C(C)(C)C2(C)C)cc1. The minimum absolute atomic E-state index is 0.413. The average molecular weight is 325 g/mol. The maximum Gasteiger partial charge on any atom is 0.0502 e. The lowest BCUT2D eigenvalue weighted by molar-refractivity contribution is 0.202. The van der Waals surface area contributed by atoms with Gasteiger partial charge in [0.15, 0.2) is 0 Å². The third-order valence-electron chi connectivity index (χ3n) is 5.32. The zero-order valence-corrected chi connectivity index (χ0v) is 14.3. The molecule has 0 radical (unpaired) electrons. The molecule has 1 aliphatic rings. The van der Waals surface area contributed by atoms with Crippen molar-refractivity contribution < 1.29 is 4.74 Å². The first-order valence-electron chi connectivity index (χ1n) is 7.04. The van der Waals surface area contributed by atoms with E-state index in [0.29, 0.717) is 21.6 Å². The molecule has 1 saturated carbocycles. The van der Waals surface area contributed by atoms with Gasteiger partial charge in [0.1, 0.15) is 0 Å². The third kappa shape index (κ3) is 2.62. The second kappa shape index (κ2) is 5.21. The van der Waals surface area contributed by atoms with E-state index in [0.717, 1.165) is 13.0 Å². The smallest absolute Gasteiger partial charge is 0.0502 e. The van der Waals surface area contributed by atoms with Crippen LogP contribution in [0.15, 0.2) is 24.3 Å². The Balaban J connectivity index is 2.07. The molecule has 2 rings (SSSR count). The van der Waals surface area contributed by atoms with Crippen molar-refractivity contribution in [2.45, 2.75) is 38.9 Å². The van der Waals surface area contributed by atoms with Gasteiger partial charge in [0.2, 0.25) is 0 Å². The molecule has 106 valence electrons. The van der Waals surface area contributed by atoms with Gasteiger partial charge in [-0.15, -0.1) is 0 Å². The van der Waals surface area contributed by atoms with Crippen LogP contribution >= 0.6 is 15.9 Å². The predicted molar refractivity (Wildman–Crippen MR) is 84.7 cm³/mol. The van der Waals surface area contributed by atoms with Crippen LogP contribution in [0.1, 0.15) is 43.6 Å². The maximum absolute atomic E-state index is 5.12. The van der Waals surface area contributed by atoms with Crippen LogP contribution in [0, 0.1) is 16.7 Å². The molecule has 2 heteroatoms. The summed E-state index contributed by atoms with van der Waals surface area (Å²) in [7, 11) is 1.75. The molecule has 1 nitrogen and oxygen atoms in total. The van der Waals surface area contributed by atoms with Gasteiger partial charge in [-0.05, 0) is 34.3 Å². The van der Waals surface area contributed by atoms with Crippen LogP contribution in [0.5, 0.6) is 0 Å². The minimum Gasteiger partial charge on any atom is -0.384 e. The van der Waals surface area contributed by atoms with Crippen LogP contribution < -0.4 is 0 Å². The monoisotopic (exact) mass is 324 g/mol. The summed E-state index contributed by atoms with van der Waals surface area (Å²) in [6, 6.07) is 8.97. The first kappa shape index (κ1) is 15.1. The molecule has 0 bridgehead atoms. The summed E-state index contributed by atoms with van der Waals surface area (Å²) in [4.78, 5) is 0.453. The van der Waals surface area contributed by atoms with Crippen molar-refractivity contribution in [3.05, 3.63) is 35.4 Å². The van der Waals surface area contributed by atoms with E-state index in [1.807, 2.05) is 0 Å². The number of alkyl halides is 1. The van der Waals surface area contributed by atoms with Crippen LogP contribution in [-0.4, -0.2) is 13.7 Å². The Morgan fingerprint density at radius 2 is 1.63 bits per heavy atom. The highest BCUT2D eigenvalue weighted by Gasteiger charge is 2.66. The molecule has 1 unspecified atom stereocenters. The lowest BCUT2D eigenvalue weighted by Gasteiger charge is -2.13. The van der Waals surface area contributed by atoms with Gasteiger partial charge in [0, 0.05) is 11.9 Å². The van der Waals surface area contributed by atoms with E-state index in [9.17, 15) is 0 Å². The molecule has 0 aliphatic heterocycles. The number of rotatable bonds is 5. The van der Waals surface area contributed by atoms with Crippen LogP contribution in [0.4, 0.5) is 0 Å². The molecule has 1 aliphatic carbocycles. The third-order valence-corrected chi connectivity index (χ3v) is 6.38. The summed E-state index contributed by atoms with van der Waals surface area (Å²) in [5.74, 6) is 0.699. The number of ether oxygens (including phenoxy) is 1. The molecule has 1 aromatic rings. The van der Waals surface area contributed by atoms with E-state index < -0.39 is 0 Å². The Labute approximate surface area is 125 Å². The van der Waals surface area contributed by atoms with E-state index >= 15 is 0 Å². The highest BCUT2D eigenvalue weighted by molar-refractivity contribution is 9.09. The van der Waals surface area contributed by atoms with Gasteiger partial charge < -0.3 is 4.74 Å². The Morgan fingerprint density at radius 3 is 2.05 bits per heavy atom. The molecule has 19 heavy (non-hydrogen) atoms. The summed E-state index contributed by atoms with van der Waals surface area (Å²) < 4.78 is 5.12. The second-order valence-electron chi connectivity index (χ2n) is 6.81. The number of halogens is 1. The van der Waals surface area contributed by atoms with Crippen molar-refractivity contribution in [1.82, 2.24) is 0 Å². The fourth-order valence-electron chi connectivity index (χ4n) is 3.26. The zero-order valence-electron chi connectivity index (χ0n) is 12.7. The largest absolute Gasteiger partial charge is 0.384 e. The first-order chi connectivity index (χ1) is 8.82. The van der Waals surface area contributed by atoms with Crippen molar-refractivity contribution in [3.63, 3.8) is 0 Å². The molecule has 0 heterocycles. The number of benzene rings is 1. The standard InChI is InChI=1S/C17H25BrO/c1-16(2)15(17(16,3)4)14(18)13-8-6-12(7-9-13)10-11-19-5/h6-9,14-15H,10-11H2,1-5H3. The van der Waals surface area contributed by atoms with E-state index in [1.165, 1.54) is 11.1 Å². The Hall–Kier alpha value is -0.340. The van der Waals surface area contributed by atoms with E-state index in [4.69, 9.17) is 4.74 Å². The Kier molecular flexibility index (Phi) is 4.13. The van der Waals surface area contributed by atoms with Gasteiger partial charge in [0.05, 0.1) is 6.61 Å². The van der Waals surface area contributed by atoms with E-state index in [1.54, 1.807) is 7.11 Å². The quantitative estimate of drug-likeness (QED) is 0.693. The molecule has 1 atom stereocenters. The van der Waals surface area contributed by atoms with Gasteiger partial charge in [-0.2, -0.15) is 0 Å². The summed E-state index contributed by atoms with van der Waals surface area (Å²) in [5, 5.41) is 0. The van der Waals surface area contributed by atoms with Gasteiger partial charge in [-0.25, -0.2) is 0 Å². The molecular weight excluding hydrogens is 300 g/mol. The van der Waals surface area contributed by atoms with Crippen molar-refractivity contribution >= 4 is 15.9 Å². The first-order valence-corrected chi connectivity index (χ1v) is 7.96. The van der Waals surface area contributed by atoms with Gasteiger partial charge in [-0.3, -0.25) is 0 Å². The summed E-state index contributed by atoms with van der Waals surface area (Å²) in [6.45, 7) is 10.3. The van der Waals surface area contributed by atoms with Gasteiger partial charge >= 0.3 is 0 Å². The molecular formula is C17H25BrO. The van der Waals surface area contributed by atoms with Crippen LogP contribution in [-0.2, 0) is 11.2 Å². The van der Waals surface area contributed by atoms with E-state index in [-0.39, 0.29) is 0 Å². The summed E-state index contributed by atoms with van der Waals surface area (Å²) in [6.07, 6.45) is 0.990. The normalized spacial score (nSPS) is 22.2. The lowest BCUT2D eigenvalue weighted by atomic mass is 10.0. The molecule has 1 fully saturated rings. The predicted octanol–water partition coefficient (Wildman–Crippen LogP) is 4.99. The maximum atomic E-state index is 5.12. The highest BCUT2D eigenvalue weighted by atomic mass is 79.9. The van der Waals surface area contributed by atoms with Crippen LogP contribution in [0.3, 0.4) is 0 Å². The summed E-state index contributed by atoms with van der Waals surface area (Å²) >= 11 is 3.92. The van der Waals surface area contributed by atoms with Gasteiger partial charge in [-0.1, -0.05) is 67.9 Å². The fraction of sp³-hybridized carbons (Fsp3) is 0.647. The lowest BCUT2D eigenvalue weighted by Crippen LogP contribution is -2.00. The zero-order chi connectivity index (χ0) is 14.3. The van der Waals surface area contributed by atoms with Crippen molar-refractivity contribution in [2.24, 2.45) is 16.7 Å². The average Bonchev–Trinajstić information content (AvgIpc) is 2.77.